The molecule has 6 nitrogen and oxygen atoms in total. The first-order valence-corrected chi connectivity index (χ1v) is 6.95. The van der Waals surface area contributed by atoms with Crippen LogP contribution in [0.3, 0.4) is 0 Å². The van der Waals surface area contributed by atoms with Crippen molar-refractivity contribution in [2.75, 3.05) is 0 Å². The van der Waals surface area contributed by atoms with Crippen molar-refractivity contribution in [1.29, 1.82) is 0 Å². The molecule has 1 aromatic carbocycles. The van der Waals surface area contributed by atoms with Crippen molar-refractivity contribution in [2.24, 2.45) is 0 Å². The number of halogens is 1. The smallest absolute Gasteiger partial charge is 0.310 e. The number of carbonyl (C=O) groups is 2. The fraction of sp³-hybridized carbons (Fsp3) is 0.133. The summed E-state index contributed by atoms with van der Waals surface area (Å²) in [4.78, 5) is 33.6. The number of nitrogens with one attached hydrogen (secondary N) is 2. The highest BCUT2D eigenvalue weighted by Crippen LogP contribution is 2.32. The van der Waals surface area contributed by atoms with Gasteiger partial charge in [-0.05, 0) is 25.1 Å². The molecule has 0 aliphatic rings. The number of aromatic nitrogens is 3. The van der Waals surface area contributed by atoms with Gasteiger partial charge in [-0.3, -0.25) is 9.59 Å². The highest BCUT2D eigenvalue weighted by Gasteiger charge is 2.27. The second-order valence-corrected chi connectivity index (χ2v) is 5.37. The summed E-state index contributed by atoms with van der Waals surface area (Å²) in [5.41, 5.74) is 1.27. The Balaban J connectivity index is 2.27. The van der Waals surface area contributed by atoms with Gasteiger partial charge in [0.15, 0.2) is 5.82 Å². The van der Waals surface area contributed by atoms with Gasteiger partial charge in [0.2, 0.25) is 5.78 Å². The number of carboxylic acid groups (broad SMARTS) is 1. The summed E-state index contributed by atoms with van der Waals surface area (Å²) in [5, 5.41) is 10.4. The van der Waals surface area contributed by atoms with E-state index < -0.39 is 11.9 Å². The van der Waals surface area contributed by atoms with Crippen LogP contribution in [0.4, 0.5) is 0 Å². The number of nitrogens with zero attached hydrogens (tertiary/aromatic N) is 1. The number of hydrogen-bond acceptors (Lipinski definition) is 3. The Hall–Kier alpha value is -2.60. The molecule has 3 aromatic rings. The van der Waals surface area contributed by atoms with E-state index in [9.17, 15) is 14.7 Å². The van der Waals surface area contributed by atoms with Crippen LogP contribution in [0, 0.1) is 0 Å². The number of hydrogen-bond donors (Lipinski definition) is 3. The zero-order valence-corrected chi connectivity index (χ0v) is 12.3. The van der Waals surface area contributed by atoms with Gasteiger partial charge in [0.25, 0.3) is 0 Å². The number of benzene rings is 1. The van der Waals surface area contributed by atoms with E-state index >= 15 is 0 Å². The minimum Gasteiger partial charge on any atom is -0.481 e. The van der Waals surface area contributed by atoms with Crippen molar-refractivity contribution in [1.82, 2.24) is 15.0 Å². The number of fused-ring (bicyclic) bond motifs is 1. The molecular formula is C15H12ClN3O3. The van der Waals surface area contributed by atoms with Crippen LogP contribution in [0.25, 0.3) is 10.9 Å². The van der Waals surface area contributed by atoms with Gasteiger partial charge >= 0.3 is 5.97 Å². The average Bonchev–Trinajstić information content (AvgIpc) is 3.12. The summed E-state index contributed by atoms with van der Waals surface area (Å²) in [6.45, 7) is 1.53. The van der Waals surface area contributed by atoms with E-state index in [1.54, 1.807) is 18.2 Å². The first kappa shape index (κ1) is 14.3. The number of imidazole rings is 1. The number of rotatable bonds is 4. The fourth-order valence-electron chi connectivity index (χ4n) is 2.45. The molecule has 7 heteroatoms. The monoisotopic (exact) mass is 317 g/mol. The van der Waals surface area contributed by atoms with Crippen LogP contribution in [0.5, 0.6) is 0 Å². The van der Waals surface area contributed by atoms with Crippen molar-refractivity contribution in [2.45, 2.75) is 12.8 Å². The van der Waals surface area contributed by atoms with E-state index in [1.807, 2.05) is 0 Å². The number of ketones is 1. The van der Waals surface area contributed by atoms with Gasteiger partial charge in [-0.1, -0.05) is 11.6 Å². The molecule has 0 aliphatic carbocycles. The molecule has 0 saturated heterocycles. The molecule has 2 heterocycles. The fourth-order valence-corrected chi connectivity index (χ4v) is 2.62. The molecule has 1 unspecified atom stereocenters. The third-order valence-corrected chi connectivity index (χ3v) is 3.78. The van der Waals surface area contributed by atoms with E-state index in [1.165, 1.54) is 19.3 Å². The minimum atomic E-state index is -1.02. The second-order valence-electron chi connectivity index (χ2n) is 4.93. The highest BCUT2D eigenvalue weighted by atomic mass is 35.5. The highest BCUT2D eigenvalue weighted by molar-refractivity contribution is 6.31. The Kier molecular flexibility index (Phi) is 3.46. The number of H-pyrrole nitrogens is 2. The van der Waals surface area contributed by atoms with Crippen LogP contribution in [-0.4, -0.2) is 31.8 Å². The Bertz CT molecular complexity index is 868. The van der Waals surface area contributed by atoms with Gasteiger partial charge in [-0.15, -0.1) is 0 Å². The van der Waals surface area contributed by atoms with E-state index in [2.05, 4.69) is 15.0 Å². The Morgan fingerprint density at radius 2 is 2.14 bits per heavy atom. The number of carbonyl (C=O) groups excluding carboxylic acids is 1. The van der Waals surface area contributed by atoms with Crippen LogP contribution in [0.2, 0.25) is 5.02 Å². The van der Waals surface area contributed by atoms with Gasteiger partial charge in [0.1, 0.15) is 0 Å². The van der Waals surface area contributed by atoms with Crippen molar-refractivity contribution in [3.8, 4) is 0 Å². The van der Waals surface area contributed by atoms with Crippen molar-refractivity contribution < 1.29 is 14.7 Å². The third-order valence-electron chi connectivity index (χ3n) is 3.54. The second kappa shape index (κ2) is 5.31. The lowest BCUT2D eigenvalue weighted by atomic mass is 9.96. The van der Waals surface area contributed by atoms with Crippen LogP contribution in [0.15, 0.2) is 30.6 Å². The normalized spacial score (nSPS) is 12.5. The molecule has 112 valence electrons. The number of aliphatic carboxylic acids is 1. The first-order valence-electron chi connectivity index (χ1n) is 6.57. The maximum Gasteiger partial charge on any atom is 0.310 e. The molecule has 0 amide bonds. The molecule has 0 radical (unpaired) electrons. The summed E-state index contributed by atoms with van der Waals surface area (Å²) < 4.78 is 0. The molecule has 0 fully saturated rings. The maximum absolute atomic E-state index is 12.6. The van der Waals surface area contributed by atoms with Crippen LogP contribution >= 0.6 is 11.6 Å². The summed E-state index contributed by atoms with van der Waals surface area (Å²) in [5.74, 6) is -2.12. The summed E-state index contributed by atoms with van der Waals surface area (Å²) in [6, 6.07) is 5.05. The van der Waals surface area contributed by atoms with E-state index in [0.717, 1.165) is 0 Å². The third kappa shape index (κ3) is 2.27. The average molecular weight is 318 g/mol. The van der Waals surface area contributed by atoms with Crippen molar-refractivity contribution in [3.05, 3.63) is 52.7 Å². The van der Waals surface area contributed by atoms with Gasteiger partial charge in [0, 0.05) is 33.9 Å². The predicted molar refractivity (Wildman–Crippen MR) is 81.4 cm³/mol. The SMILES string of the molecule is CC(C(=O)O)c1c(C(=O)c2ncc[nH]2)[nH]c2ccc(Cl)cc12. The molecule has 22 heavy (non-hydrogen) atoms. The van der Waals surface area contributed by atoms with Crippen molar-refractivity contribution >= 4 is 34.3 Å². The van der Waals surface area contributed by atoms with E-state index in [4.69, 9.17) is 11.6 Å². The zero-order chi connectivity index (χ0) is 15.9. The maximum atomic E-state index is 12.6. The summed E-state index contributed by atoms with van der Waals surface area (Å²) >= 11 is 6.00. The van der Waals surface area contributed by atoms with Crippen molar-refractivity contribution in [3.63, 3.8) is 0 Å². The quantitative estimate of drug-likeness (QED) is 0.644. The summed E-state index contributed by atoms with van der Waals surface area (Å²) in [7, 11) is 0. The Labute approximate surface area is 130 Å². The van der Waals surface area contributed by atoms with Gasteiger partial charge in [-0.25, -0.2) is 4.98 Å². The van der Waals surface area contributed by atoms with Crippen LogP contribution < -0.4 is 0 Å². The molecule has 0 bridgehead atoms. The molecular weight excluding hydrogens is 306 g/mol. The lowest BCUT2D eigenvalue weighted by Crippen LogP contribution is -2.13. The predicted octanol–water partition coefficient (Wildman–Crippen LogP) is 2.96. The largest absolute Gasteiger partial charge is 0.481 e. The number of aromatic amines is 2. The molecule has 0 aliphatic heterocycles. The zero-order valence-electron chi connectivity index (χ0n) is 11.6. The molecule has 2 aromatic heterocycles. The van der Waals surface area contributed by atoms with E-state index in [0.29, 0.717) is 21.5 Å². The Morgan fingerprint density at radius 3 is 2.77 bits per heavy atom. The molecule has 3 rings (SSSR count). The van der Waals surface area contributed by atoms with Gasteiger partial charge in [-0.2, -0.15) is 0 Å². The number of carboxylic acids is 1. The molecule has 1 atom stereocenters. The lowest BCUT2D eigenvalue weighted by molar-refractivity contribution is -0.138. The summed E-state index contributed by atoms with van der Waals surface area (Å²) in [6.07, 6.45) is 3.00. The van der Waals surface area contributed by atoms with E-state index in [-0.39, 0.29) is 17.3 Å². The molecule has 0 spiro atoms. The standard InChI is InChI=1S/C15H12ClN3O3/c1-7(15(21)22)11-9-6-8(16)2-3-10(9)19-12(11)13(20)14-17-4-5-18-14/h2-7,19H,1H3,(H,17,18)(H,21,22). The molecule has 0 saturated carbocycles. The van der Waals surface area contributed by atoms with Crippen LogP contribution in [0.1, 0.15) is 34.7 Å². The Morgan fingerprint density at radius 1 is 1.36 bits per heavy atom. The van der Waals surface area contributed by atoms with Gasteiger partial charge < -0.3 is 15.1 Å². The first-order chi connectivity index (χ1) is 10.5. The van der Waals surface area contributed by atoms with Gasteiger partial charge in [0.05, 0.1) is 11.6 Å². The van der Waals surface area contributed by atoms with Crippen LogP contribution in [-0.2, 0) is 4.79 Å². The molecule has 3 N–H and O–H groups in total. The lowest BCUT2D eigenvalue weighted by Gasteiger charge is -2.08. The topological polar surface area (TPSA) is 98.8 Å². The minimum absolute atomic E-state index is 0.150.